The van der Waals surface area contributed by atoms with Crippen molar-refractivity contribution in [2.45, 2.75) is 51.5 Å². The van der Waals surface area contributed by atoms with Gasteiger partial charge in [-0.1, -0.05) is 38.8 Å². The van der Waals surface area contributed by atoms with Crippen LogP contribution in [-0.4, -0.2) is 51.0 Å². The van der Waals surface area contributed by atoms with Crippen LogP contribution in [0.25, 0.3) is 0 Å². The Bertz CT molecular complexity index is 422. The van der Waals surface area contributed by atoms with Gasteiger partial charge in [-0.3, -0.25) is 4.90 Å². The minimum absolute atomic E-state index is 0.736. The van der Waals surface area contributed by atoms with E-state index in [-0.39, 0.29) is 0 Å². The Balaban J connectivity index is 0.000000423. The van der Waals surface area contributed by atoms with Crippen LogP contribution in [0.2, 0.25) is 0 Å². The van der Waals surface area contributed by atoms with Crippen molar-refractivity contribution in [1.29, 1.82) is 0 Å². The highest BCUT2D eigenvalue weighted by atomic mass is 16.5. The molecule has 2 aliphatic rings. The highest BCUT2D eigenvalue weighted by Crippen LogP contribution is 2.30. The zero-order valence-corrected chi connectivity index (χ0v) is 15.6. The fourth-order valence-corrected chi connectivity index (χ4v) is 3.01. The van der Waals surface area contributed by atoms with Gasteiger partial charge >= 0.3 is 0 Å². The summed E-state index contributed by atoms with van der Waals surface area (Å²) in [6.45, 7) is 11.2. The van der Waals surface area contributed by atoms with Gasteiger partial charge in [-0.25, -0.2) is 0 Å². The van der Waals surface area contributed by atoms with Crippen LogP contribution in [0.1, 0.15) is 51.0 Å². The van der Waals surface area contributed by atoms with E-state index in [0.717, 1.165) is 17.7 Å². The number of nitrogens with zero attached hydrogens (tertiary/aromatic N) is 1. The van der Waals surface area contributed by atoms with Gasteiger partial charge in [0.1, 0.15) is 12.5 Å². The van der Waals surface area contributed by atoms with Crippen molar-refractivity contribution in [1.82, 2.24) is 10.2 Å². The van der Waals surface area contributed by atoms with Gasteiger partial charge in [0.15, 0.2) is 0 Å². The number of hydrogen-bond acceptors (Lipinski definition) is 4. The third-order valence-corrected chi connectivity index (χ3v) is 4.89. The molecule has 0 saturated carbocycles. The summed E-state index contributed by atoms with van der Waals surface area (Å²) in [6.07, 6.45) is 5.23. The lowest BCUT2D eigenvalue weighted by atomic mass is 9.88. The first kappa shape index (κ1) is 20.7. The SMILES string of the molecule is C=O.CCCC.COc1ccc(C2CCN(C3CNC3)CC2)cc1. The second-order valence-electron chi connectivity index (χ2n) is 6.40. The molecule has 0 aliphatic carbocycles. The molecule has 4 nitrogen and oxygen atoms in total. The molecule has 2 aliphatic heterocycles. The van der Waals surface area contributed by atoms with Crippen molar-refractivity contribution < 1.29 is 9.53 Å². The molecule has 0 amide bonds. The number of rotatable bonds is 4. The first-order valence-electron chi connectivity index (χ1n) is 9.16. The smallest absolute Gasteiger partial charge is 0.118 e. The molecule has 1 aromatic rings. The Morgan fingerprint density at radius 1 is 1.08 bits per heavy atom. The summed E-state index contributed by atoms with van der Waals surface area (Å²) in [6, 6.07) is 9.42. The summed E-state index contributed by atoms with van der Waals surface area (Å²) in [5.74, 6) is 1.69. The molecule has 2 fully saturated rings. The molecule has 136 valence electrons. The van der Waals surface area contributed by atoms with E-state index in [0.29, 0.717) is 0 Å². The molecule has 4 heteroatoms. The Hall–Kier alpha value is -1.39. The molecule has 2 saturated heterocycles. The van der Waals surface area contributed by atoms with Crippen molar-refractivity contribution >= 4 is 6.79 Å². The molecule has 3 rings (SSSR count). The lowest BCUT2D eigenvalue weighted by Crippen LogP contribution is -2.58. The summed E-state index contributed by atoms with van der Waals surface area (Å²) in [4.78, 5) is 10.6. The van der Waals surface area contributed by atoms with Gasteiger partial charge in [0.25, 0.3) is 0 Å². The number of hydrogen-bond donors (Lipinski definition) is 1. The van der Waals surface area contributed by atoms with Crippen LogP contribution < -0.4 is 10.1 Å². The van der Waals surface area contributed by atoms with Gasteiger partial charge in [-0.15, -0.1) is 0 Å². The molecule has 0 spiro atoms. The first-order chi connectivity index (χ1) is 11.8. The number of unbranched alkanes of at least 4 members (excludes halogenated alkanes) is 1. The molecule has 1 N–H and O–H groups in total. The van der Waals surface area contributed by atoms with E-state index >= 15 is 0 Å². The molecule has 24 heavy (non-hydrogen) atoms. The second kappa shape index (κ2) is 12.0. The fraction of sp³-hybridized carbons (Fsp3) is 0.650. The van der Waals surface area contributed by atoms with Crippen LogP contribution in [0.4, 0.5) is 0 Å². The highest BCUT2D eigenvalue weighted by Gasteiger charge is 2.28. The molecule has 0 radical (unpaired) electrons. The quantitative estimate of drug-likeness (QED) is 0.915. The zero-order valence-electron chi connectivity index (χ0n) is 15.6. The number of nitrogens with one attached hydrogen (secondary N) is 1. The summed E-state index contributed by atoms with van der Waals surface area (Å²) in [5.41, 5.74) is 1.47. The number of carbonyl (C=O) groups excluding carboxylic acids is 1. The lowest BCUT2D eigenvalue weighted by molar-refractivity contribution is -0.0979. The Labute approximate surface area is 147 Å². The second-order valence-corrected chi connectivity index (χ2v) is 6.40. The van der Waals surface area contributed by atoms with E-state index in [2.05, 4.69) is 48.3 Å². The minimum atomic E-state index is 0.736. The van der Waals surface area contributed by atoms with E-state index in [9.17, 15) is 0 Å². The first-order valence-corrected chi connectivity index (χ1v) is 9.16. The van der Waals surface area contributed by atoms with Crippen molar-refractivity contribution in [3.8, 4) is 5.75 Å². The molecule has 2 heterocycles. The van der Waals surface area contributed by atoms with Crippen molar-refractivity contribution in [2.24, 2.45) is 0 Å². The maximum Gasteiger partial charge on any atom is 0.118 e. The minimum Gasteiger partial charge on any atom is -0.497 e. The third kappa shape index (κ3) is 6.25. The molecule has 0 unspecified atom stereocenters. The molecule has 0 aromatic heterocycles. The van der Waals surface area contributed by atoms with E-state index < -0.39 is 0 Å². The lowest BCUT2D eigenvalue weighted by Gasteiger charge is -2.42. The van der Waals surface area contributed by atoms with Gasteiger partial charge < -0.3 is 14.8 Å². The maximum atomic E-state index is 8.00. The zero-order chi connectivity index (χ0) is 17.8. The number of carbonyl (C=O) groups is 1. The Morgan fingerprint density at radius 3 is 2.00 bits per heavy atom. The average molecular weight is 335 g/mol. The summed E-state index contributed by atoms with van der Waals surface area (Å²) in [5, 5.41) is 3.36. The molecular formula is C20H34N2O2. The van der Waals surface area contributed by atoms with E-state index in [4.69, 9.17) is 9.53 Å². The average Bonchev–Trinajstić information content (AvgIpc) is 2.63. The molecular weight excluding hydrogens is 300 g/mol. The van der Waals surface area contributed by atoms with E-state index in [1.807, 2.05) is 6.79 Å². The van der Waals surface area contributed by atoms with Gasteiger partial charge in [-0.2, -0.15) is 0 Å². The maximum absolute atomic E-state index is 8.00. The van der Waals surface area contributed by atoms with Gasteiger partial charge in [0.05, 0.1) is 7.11 Å². The van der Waals surface area contributed by atoms with Gasteiger partial charge in [0, 0.05) is 19.1 Å². The van der Waals surface area contributed by atoms with Crippen LogP contribution in [-0.2, 0) is 4.79 Å². The van der Waals surface area contributed by atoms with E-state index in [1.165, 1.54) is 57.4 Å². The van der Waals surface area contributed by atoms with E-state index in [1.54, 1.807) is 7.11 Å². The normalized spacial score (nSPS) is 18.5. The third-order valence-electron chi connectivity index (χ3n) is 4.89. The Morgan fingerprint density at radius 2 is 1.62 bits per heavy atom. The highest BCUT2D eigenvalue weighted by molar-refractivity contribution is 5.29. The van der Waals surface area contributed by atoms with Crippen LogP contribution in [0.3, 0.4) is 0 Å². The van der Waals surface area contributed by atoms with Crippen LogP contribution in [0.15, 0.2) is 24.3 Å². The number of methoxy groups -OCH3 is 1. The van der Waals surface area contributed by atoms with Crippen LogP contribution in [0, 0.1) is 0 Å². The predicted molar refractivity (Wildman–Crippen MR) is 101 cm³/mol. The van der Waals surface area contributed by atoms with Crippen LogP contribution >= 0.6 is 0 Å². The Kier molecular flexibility index (Phi) is 10.4. The topological polar surface area (TPSA) is 41.6 Å². The number of benzene rings is 1. The fourth-order valence-electron chi connectivity index (χ4n) is 3.01. The number of ether oxygens (including phenoxy) is 1. The van der Waals surface area contributed by atoms with Crippen molar-refractivity contribution in [2.75, 3.05) is 33.3 Å². The van der Waals surface area contributed by atoms with Crippen LogP contribution in [0.5, 0.6) is 5.75 Å². The largest absolute Gasteiger partial charge is 0.497 e. The summed E-state index contributed by atoms with van der Waals surface area (Å²) >= 11 is 0. The number of likely N-dealkylation sites (tertiary alicyclic amines) is 1. The molecule has 0 atom stereocenters. The number of piperidine rings is 1. The summed E-state index contributed by atoms with van der Waals surface area (Å²) < 4.78 is 5.21. The predicted octanol–water partition coefficient (Wildman–Crippen LogP) is 3.47. The standard InChI is InChI=1S/C15H22N2O.C4H10.CH2O/c1-18-15-4-2-12(3-5-15)13-6-8-17(9-7-13)14-10-16-11-14;1-3-4-2;1-2/h2-5,13-14,16H,6-11H2,1H3;3-4H2,1-2H3;1H2. The molecule has 1 aromatic carbocycles. The van der Waals surface area contributed by atoms with Crippen molar-refractivity contribution in [3.63, 3.8) is 0 Å². The van der Waals surface area contributed by atoms with Gasteiger partial charge in [-0.05, 0) is 49.5 Å². The van der Waals surface area contributed by atoms with Crippen molar-refractivity contribution in [3.05, 3.63) is 29.8 Å². The monoisotopic (exact) mass is 334 g/mol. The summed E-state index contributed by atoms with van der Waals surface area (Å²) in [7, 11) is 1.72. The van der Waals surface area contributed by atoms with Gasteiger partial charge in [0.2, 0.25) is 0 Å². The molecule has 0 bridgehead atoms.